The van der Waals surface area contributed by atoms with E-state index in [2.05, 4.69) is 30.8 Å². The predicted molar refractivity (Wildman–Crippen MR) is 132 cm³/mol. The van der Waals surface area contributed by atoms with Crippen molar-refractivity contribution in [1.29, 1.82) is 0 Å². The van der Waals surface area contributed by atoms with E-state index in [1.165, 1.54) is 0 Å². The Morgan fingerprint density at radius 2 is 1.83 bits per heavy atom. The van der Waals surface area contributed by atoms with Crippen LogP contribution in [-0.4, -0.2) is 77.5 Å². The summed E-state index contributed by atoms with van der Waals surface area (Å²) in [6.07, 6.45) is 9.59. The molecule has 7 atom stereocenters. The lowest BCUT2D eigenvalue weighted by Gasteiger charge is -2.58. The molecule has 0 aliphatic heterocycles. The first-order valence-electron chi connectivity index (χ1n) is 12.8. The van der Waals surface area contributed by atoms with Crippen LogP contribution in [0, 0.1) is 34.5 Å². The molecule has 0 heterocycles. The van der Waals surface area contributed by atoms with E-state index in [0.29, 0.717) is 24.2 Å². The normalized spacial score (nSPS) is 36.7. The minimum Gasteiger partial charge on any atom is -0.473 e. The third-order valence-electron chi connectivity index (χ3n) is 8.67. The Balaban J connectivity index is 0.000000641. The molecule has 9 nitrogen and oxygen atoms in total. The van der Waals surface area contributed by atoms with Crippen LogP contribution in [0.25, 0.3) is 0 Å². The van der Waals surface area contributed by atoms with Crippen molar-refractivity contribution in [2.45, 2.75) is 78.2 Å². The quantitative estimate of drug-likeness (QED) is 0.211. The maximum atomic E-state index is 13.4. The number of likely N-dealkylation sites (N-methyl/N-ethyl adjacent to an activating group) is 1. The first kappa shape index (κ1) is 29.2. The van der Waals surface area contributed by atoms with E-state index >= 15 is 0 Å². The molecule has 200 valence electrons. The fourth-order valence-corrected chi connectivity index (χ4v) is 6.73. The minimum atomic E-state index is -1.82. The molecule has 3 saturated carbocycles. The second-order valence-electron chi connectivity index (χ2n) is 11.4. The summed E-state index contributed by atoms with van der Waals surface area (Å²) in [5.41, 5.74) is 0.000105. The summed E-state index contributed by atoms with van der Waals surface area (Å²) >= 11 is 0. The van der Waals surface area contributed by atoms with Crippen LogP contribution in [0.2, 0.25) is 0 Å². The number of hydrogen-bond donors (Lipinski definition) is 3. The Morgan fingerprint density at radius 1 is 1.17 bits per heavy atom. The van der Waals surface area contributed by atoms with E-state index < -0.39 is 11.9 Å². The minimum absolute atomic E-state index is 0.0217. The van der Waals surface area contributed by atoms with Crippen molar-refractivity contribution in [3.05, 3.63) is 0 Å². The SMILES string of the molecule is CCC[C@@]1(C)CC[C@H]2[C@@H](CCC3C[C@@H](O)C(/C=N/OCCN(C)C)C[C@@]32C)C1=O.O=C(O)C(=O)O. The fourth-order valence-electron chi connectivity index (χ4n) is 6.73. The van der Waals surface area contributed by atoms with Gasteiger partial charge in [-0.1, -0.05) is 32.3 Å². The molecule has 0 spiro atoms. The molecule has 3 rings (SSSR count). The van der Waals surface area contributed by atoms with Crippen molar-refractivity contribution >= 4 is 23.9 Å². The molecular formula is C26H44N2O7. The lowest BCUT2D eigenvalue weighted by molar-refractivity contribution is -0.159. The largest absolute Gasteiger partial charge is 0.473 e. The number of rotatable bonds is 7. The summed E-state index contributed by atoms with van der Waals surface area (Å²) < 4.78 is 0. The van der Waals surface area contributed by atoms with Gasteiger partial charge in [0.05, 0.1) is 6.10 Å². The van der Waals surface area contributed by atoms with Gasteiger partial charge in [0.25, 0.3) is 0 Å². The molecule has 3 N–H and O–H groups in total. The van der Waals surface area contributed by atoms with E-state index in [0.717, 1.165) is 57.9 Å². The third-order valence-corrected chi connectivity index (χ3v) is 8.67. The van der Waals surface area contributed by atoms with Crippen LogP contribution in [0.4, 0.5) is 0 Å². The van der Waals surface area contributed by atoms with E-state index in [1.54, 1.807) is 0 Å². The van der Waals surface area contributed by atoms with Gasteiger partial charge in [-0.05, 0) is 76.3 Å². The second kappa shape index (κ2) is 12.3. The van der Waals surface area contributed by atoms with Gasteiger partial charge < -0.3 is 25.1 Å². The monoisotopic (exact) mass is 496 g/mol. The molecule has 3 aliphatic carbocycles. The number of carbonyl (C=O) groups excluding carboxylic acids is 1. The standard InChI is InChI=1S/C24H42N2O3.C2H2O4/c1-6-10-23(2)11-9-20-19(22(23)28)8-7-18-14-21(27)17(15-24(18,20)3)16-25-29-13-12-26(4)5;3-1(4)2(5)6/h16-21,27H,6-15H2,1-5H3;(H,3,4)(H,5,6)/b25-16+;/t17?,18?,19-,20+,21-,23+,24+;/m1./s1. The average molecular weight is 497 g/mol. The Bertz CT molecular complexity index is 774. The van der Waals surface area contributed by atoms with Crippen LogP contribution < -0.4 is 0 Å². The molecule has 3 fully saturated rings. The Hall–Kier alpha value is -2.00. The van der Waals surface area contributed by atoms with Crippen molar-refractivity contribution in [2.75, 3.05) is 27.2 Å². The number of aliphatic hydroxyl groups is 1. The van der Waals surface area contributed by atoms with E-state index in [4.69, 9.17) is 24.6 Å². The molecule has 0 amide bonds. The zero-order valence-electron chi connectivity index (χ0n) is 21.9. The van der Waals surface area contributed by atoms with Crippen LogP contribution in [-0.2, 0) is 19.2 Å². The molecule has 3 aliphatic rings. The van der Waals surface area contributed by atoms with Crippen LogP contribution in [0.5, 0.6) is 0 Å². The molecular weight excluding hydrogens is 452 g/mol. The summed E-state index contributed by atoms with van der Waals surface area (Å²) in [6, 6.07) is 0. The average Bonchev–Trinajstić information content (AvgIpc) is 2.77. The molecule has 2 unspecified atom stereocenters. The maximum Gasteiger partial charge on any atom is 0.414 e. The third kappa shape index (κ3) is 7.03. The van der Waals surface area contributed by atoms with Gasteiger partial charge in [0, 0.05) is 30.0 Å². The number of aliphatic hydroxyl groups excluding tert-OH is 1. The van der Waals surface area contributed by atoms with Crippen molar-refractivity contribution in [2.24, 2.45) is 39.7 Å². The summed E-state index contributed by atoms with van der Waals surface area (Å²) in [4.78, 5) is 39.1. The molecule has 0 aromatic heterocycles. The number of carboxylic acids is 2. The number of carbonyl (C=O) groups is 3. The molecule has 0 aromatic rings. The Labute approximate surface area is 208 Å². The molecule has 0 saturated heterocycles. The van der Waals surface area contributed by atoms with Gasteiger partial charge in [-0.3, -0.25) is 4.79 Å². The van der Waals surface area contributed by atoms with Gasteiger partial charge in [-0.25, -0.2) is 9.59 Å². The first-order chi connectivity index (χ1) is 16.4. The first-order valence-corrected chi connectivity index (χ1v) is 12.8. The van der Waals surface area contributed by atoms with Crippen LogP contribution in [0.15, 0.2) is 5.16 Å². The highest BCUT2D eigenvalue weighted by molar-refractivity contribution is 6.27. The molecule has 0 radical (unpaired) electrons. The Morgan fingerprint density at radius 3 is 2.40 bits per heavy atom. The van der Waals surface area contributed by atoms with Crippen LogP contribution >= 0.6 is 0 Å². The Kier molecular flexibility index (Phi) is 10.3. The number of oxime groups is 1. The van der Waals surface area contributed by atoms with Gasteiger partial charge >= 0.3 is 11.9 Å². The van der Waals surface area contributed by atoms with Crippen molar-refractivity contribution < 1.29 is 34.5 Å². The highest BCUT2D eigenvalue weighted by Crippen LogP contribution is 2.61. The number of fused-ring (bicyclic) bond motifs is 3. The van der Waals surface area contributed by atoms with Gasteiger partial charge in [0.15, 0.2) is 0 Å². The number of carboxylic acid groups (broad SMARTS) is 2. The lowest BCUT2D eigenvalue weighted by atomic mass is 9.45. The van der Waals surface area contributed by atoms with E-state index in [1.807, 2.05) is 20.3 Å². The van der Waals surface area contributed by atoms with Gasteiger partial charge in [-0.15, -0.1) is 0 Å². The van der Waals surface area contributed by atoms with Crippen molar-refractivity contribution in [3.63, 3.8) is 0 Å². The topological polar surface area (TPSA) is 137 Å². The fraction of sp³-hybridized carbons (Fsp3) is 0.846. The number of nitrogens with zero attached hydrogens (tertiary/aromatic N) is 2. The van der Waals surface area contributed by atoms with E-state index in [-0.39, 0.29) is 28.8 Å². The van der Waals surface area contributed by atoms with Gasteiger partial charge in [0.2, 0.25) is 0 Å². The summed E-state index contributed by atoms with van der Waals surface area (Å²) in [5.74, 6) is -1.92. The predicted octanol–water partition coefficient (Wildman–Crippen LogP) is 3.29. The van der Waals surface area contributed by atoms with Gasteiger partial charge in [-0.2, -0.15) is 0 Å². The molecule has 35 heavy (non-hydrogen) atoms. The zero-order chi connectivity index (χ0) is 26.4. The highest BCUT2D eigenvalue weighted by atomic mass is 16.6. The maximum absolute atomic E-state index is 13.4. The zero-order valence-corrected chi connectivity index (χ0v) is 21.9. The number of hydrogen-bond acceptors (Lipinski definition) is 7. The molecule has 9 heteroatoms. The lowest BCUT2D eigenvalue weighted by Crippen LogP contribution is -2.56. The van der Waals surface area contributed by atoms with Crippen molar-refractivity contribution in [1.82, 2.24) is 4.90 Å². The van der Waals surface area contributed by atoms with Crippen molar-refractivity contribution in [3.8, 4) is 0 Å². The highest BCUT2D eigenvalue weighted by Gasteiger charge is 2.57. The van der Waals surface area contributed by atoms with E-state index in [9.17, 15) is 9.90 Å². The summed E-state index contributed by atoms with van der Waals surface area (Å²) in [7, 11) is 4.02. The molecule has 0 bridgehead atoms. The second-order valence-corrected chi connectivity index (χ2v) is 11.4. The van der Waals surface area contributed by atoms with Crippen LogP contribution in [0.1, 0.15) is 72.1 Å². The summed E-state index contributed by atoms with van der Waals surface area (Å²) in [5, 5.41) is 29.7. The number of Topliss-reactive ketones (excluding diaryl/α,β-unsaturated/α-hetero) is 1. The number of ketones is 1. The molecule has 0 aromatic carbocycles. The van der Waals surface area contributed by atoms with Gasteiger partial charge in [0.1, 0.15) is 12.4 Å². The smallest absolute Gasteiger partial charge is 0.414 e. The number of aliphatic carboxylic acids is 2. The summed E-state index contributed by atoms with van der Waals surface area (Å²) in [6.45, 7) is 8.17. The van der Waals surface area contributed by atoms with Crippen LogP contribution in [0.3, 0.4) is 0 Å².